The van der Waals surface area contributed by atoms with Crippen molar-refractivity contribution in [2.45, 2.75) is 82.0 Å². The van der Waals surface area contributed by atoms with E-state index in [1.165, 1.54) is 23.5 Å². The lowest BCUT2D eigenvalue weighted by atomic mass is 9.95. The number of para-hydroxylation sites is 2. The largest absolute Gasteiger partial charge is 0.497 e. The third-order valence-corrected chi connectivity index (χ3v) is 13.1. The van der Waals surface area contributed by atoms with E-state index in [9.17, 15) is 23.1 Å². The Balaban J connectivity index is 1.24. The highest BCUT2D eigenvalue weighted by molar-refractivity contribution is 7.89. The number of urea groups is 1. The van der Waals surface area contributed by atoms with Crippen LogP contribution in [-0.4, -0.2) is 101 Å². The lowest BCUT2D eigenvalue weighted by molar-refractivity contribution is -0.128. The number of imidazole rings is 1. The summed E-state index contributed by atoms with van der Waals surface area (Å²) in [4.78, 5) is 36.7. The van der Waals surface area contributed by atoms with E-state index in [2.05, 4.69) is 5.32 Å². The second kappa shape index (κ2) is 17.3. The van der Waals surface area contributed by atoms with E-state index < -0.39 is 28.2 Å². The van der Waals surface area contributed by atoms with Crippen LogP contribution in [0.3, 0.4) is 0 Å². The van der Waals surface area contributed by atoms with Crippen molar-refractivity contribution in [1.82, 2.24) is 29.0 Å². The molecule has 12 nitrogen and oxygen atoms in total. The summed E-state index contributed by atoms with van der Waals surface area (Å²) in [5.74, 6) is 0.919. The van der Waals surface area contributed by atoms with Crippen LogP contribution in [-0.2, 0) is 34.8 Å². The average Bonchev–Trinajstić information content (AvgIpc) is 3.91. The van der Waals surface area contributed by atoms with Gasteiger partial charge in [0.15, 0.2) is 0 Å². The van der Waals surface area contributed by atoms with Gasteiger partial charge in [0.2, 0.25) is 15.9 Å². The maximum absolute atomic E-state index is 14.5. The molecule has 1 saturated carbocycles. The Kier molecular flexibility index (Phi) is 12.6. The first-order valence-electron chi connectivity index (χ1n) is 19.1. The fourth-order valence-corrected chi connectivity index (χ4v) is 9.38. The minimum absolute atomic E-state index is 0.115. The number of fused-ring (bicyclic) bond motifs is 1. The molecule has 54 heavy (non-hydrogen) atoms. The minimum Gasteiger partial charge on any atom is -0.497 e. The Bertz CT molecular complexity index is 1980. The lowest BCUT2D eigenvalue weighted by Gasteiger charge is -2.35. The molecule has 3 amide bonds. The SMILES string of the molecule is CC[C@H](C)[C@@H](C(=O)N[C@@H](Cc1ccccc1)[C@@H](O)CN(CC1CCCC1)S(=O)(=O)c1ccc(OC)cc1)N1CCN(Cc2nc3ccccc3n2C)C1=O. The number of carbonyl (C=O) groups excluding carboxylic acids is 2. The standard InChI is InChI=1S/C41H54N6O6S/c1-5-29(2)39(47-24-23-45(41(47)50)28-38-42-34-17-11-12-18-36(34)44(38)3)40(49)43-35(25-30-13-7-6-8-14-30)37(48)27-46(26-31-15-9-10-16-31)54(51,52)33-21-19-32(53-4)20-22-33/h6-8,11-14,17-22,29,31,35,37,39,48H,5,9-10,15-16,23-28H2,1-4H3,(H,43,49)/t29-,35-,37-,39-/m0/s1. The number of benzene rings is 3. The van der Waals surface area contributed by atoms with E-state index >= 15 is 0 Å². The molecule has 13 heteroatoms. The number of aliphatic hydroxyl groups is 1. The number of methoxy groups -OCH3 is 1. The maximum Gasteiger partial charge on any atom is 0.321 e. The second-order valence-electron chi connectivity index (χ2n) is 14.8. The first-order chi connectivity index (χ1) is 26.0. The van der Waals surface area contributed by atoms with Gasteiger partial charge in [0.1, 0.15) is 17.6 Å². The van der Waals surface area contributed by atoms with Crippen molar-refractivity contribution >= 4 is 33.0 Å². The van der Waals surface area contributed by atoms with Gasteiger partial charge in [0, 0.05) is 33.2 Å². The number of nitrogens with one attached hydrogen (secondary N) is 1. The Labute approximate surface area is 319 Å². The summed E-state index contributed by atoms with van der Waals surface area (Å²) in [6.07, 6.45) is 3.59. The predicted molar refractivity (Wildman–Crippen MR) is 208 cm³/mol. The van der Waals surface area contributed by atoms with Crippen molar-refractivity contribution < 1.29 is 27.9 Å². The molecule has 2 heterocycles. The van der Waals surface area contributed by atoms with Crippen LogP contribution < -0.4 is 10.1 Å². The van der Waals surface area contributed by atoms with E-state index in [1.54, 1.807) is 21.9 Å². The van der Waals surface area contributed by atoms with Crippen LogP contribution in [0.15, 0.2) is 83.8 Å². The van der Waals surface area contributed by atoms with Crippen molar-refractivity contribution in [3.63, 3.8) is 0 Å². The van der Waals surface area contributed by atoms with E-state index in [4.69, 9.17) is 9.72 Å². The molecule has 0 radical (unpaired) electrons. The third-order valence-electron chi connectivity index (χ3n) is 11.2. The highest BCUT2D eigenvalue weighted by Gasteiger charge is 2.41. The molecule has 4 aromatic rings. The zero-order valence-corrected chi connectivity index (χ0v) is 32.6. The molecule has 0 spiro atoms. The number of hydrogen-bond donors (Lipinski definition) is 2. The number of nitrogens with zero attached hydrogens (tertiary/aromatic N) is 5. The summed E-state index contributed by atoms with van der Waals surface area (Å²) in [5, 5.41) is 15.1. The van der Waals surface area contributed by atoms with Gasteiger partial charge in [0.05, 0.1) is 41.7 Å². The first-order valence-corrected chi connectivity index (χ1v) is 20.6. The van der Waals surface area contributed by atoms with Crippen molar-refractivity contribution in [2.75, 3.05) is 33.3 Å². The number of carbonyl (C=O) groups is 2. The molecule has 1 aromatic heterocycles. The molecule has 1 aliphatic heterocycles. The molecular formula is C41H54N6O6S. The van der Waals surface area contributed by atoms with Gasteiger partial charge < -0.3 is 29.5 Å². The van der Waals surface area contributed by atoms with Gasteiger partial charge in [-0.15, -0.1) is 0 Å². The van der Waals surface area contributed by atoms with Crippen molar-refractivity contribution in [2.24, 2.45) is 18.9 Å². The number of aliphatic hydroxyl groups excluding tert-OH is 1. The zero-order chi connectivity index (χ0) is 38.4. The number of aromatic nitrogens is 2. The Morgan fingerprint density at radius 1 is 1.02 bits per heavy atom. The summed E-state index contributed by atoms with van der Waals surface area (Å²) in [7, 11) is -0.537. The quantitative estimate of drug-likeness (QED) is 0.151. The molecular weight excluding hydrogens is 705 g/mol. The molecule has 2 aliphatic rings. The highest BCUT2D eigenvalue weighted by Crippen LogP contribution is 2.29. The number of rotatable bonds is 17. The average molecular weight is 759 g/mol. The Hall–Kier alpha value is -4.46. The third kappa shape index (κ3) is 8.74. The van der Waals surface area contributed by atoms with Gasteiger partial charge in [0.25, 0.3) is 0 Å². The fourth-order valence-electron chi connectivity index (χ4n) is 7.85. The summed E-state index contributed by atoms with van der Waals surface area (Å²) < 4.78 is 37.0. The van der Waals surface area contributed by atoms with Gasteiger partial charge in [-0.1, -0.05) is 75.6 Å². The Morgan fingerprint density at radius 2 is 1.70 bits per heavy atom. The monoisotopic (exact) mass is 758 g/mol. The van der Waals surface area contributed by atoms with Gasteiger partial charge >= 0.3 is 6.03 Å². The molecule has 2 N–H and O–H groups in total. The molecule has 0 bridgehead atoms. The normalized spacial score (nSPS) is 17.6. The lowest BCUT2D eigenvalue weighted by Crippen LogP contribution is -2.57. The molecule has 2 fully saturated rings. The van der Waals surface area contributed by atoms with Gasteiger partial charge in [-0.3, -0.25) is 4.79 Å². The molecule has 0 unspecified atom stereocenters. The number of aryl methyl sites for hydroxylation is 1. The predicted octanol–water partition coefficient (Wildman–Crippen LogP) is 5.20. The number of sulfonamides is 1. The summed E-state index contributed by atoms with van der Waals surface area (Å²) in [6.45, 7) is 5.14. The van der Waals surface area contributed by atoms with Crippen LogP contribution in [0.2, 0.25) is 0 Å². The molecule has 1 aliphatic carbocycles. The second-order valence-corrected chi connectivity index (χ2v) is 16.8. The van der Waals surface area contributed by atoms with Crippen LogP contribution >= 0.6 is 0 Å². The van der Waals surface area contributed by atoms with Gasteiger partial charge in [-0.05, 0) is 73.1 Å². The van der Waals surface area contributed by atoms with Gasteiger partial charge in [-0.25, -0.2) is 18.2 Å². The summed E-state index contributed by atoms with van der Waals surface area (Å²) in [6, 6.07) is 21.8. The molecule has 6 rings (SSSR count). The van der Waals surface area contributed by atoms with Crippen molar-refractivity contribution in [3.05, 3.63) is 90.3 Å². The minimum atomic E-state index is -4.00. The smallest absolute Gasteiger partial charge is 0.321 e. The molecule has 1 saturated heterocycles. The van der Waals surface area contributed by atoms with Crippen LogP contribution in [0.25, 0.3) is 11.0 Å². The molecule has 4 atom stereocenters. The summed E-state index contributed by atoms with van der Waals surface area (Å²) in [5.41, 5.74) is 2.72. The van der Waals surface area contributed by atoms with Crippen LogP contribution in [0, 0.1) is 11.8 Å². The van der Waals surface area contributed by atoms with Gasteiger partial charge in [-0.2, -0.15) is 4.31 Å². The summed E-state index contributed by atoms with van der Waals surface area (Å²) >= 11 is 0. The van der Waals surface area contributed by atoms with E-state index in [-0.39, 0.29) is 48.2 Å². The highest BCUT2D eigenvalue weighted by atomic mass is 32.2. The van der Waals surface area contributed by atoms with Crippen LogP contribution in [0.1, 0.15) is 57.3 Å². The van der Waals surface area contributed by atoms with Crippen molar-refractivity contribution in [1.29, 1.82) is 0 Å². The molecule has 3 aromatic carbocycles. The van der Waals surface area contributed by atoms with E-state index in [0.717, 1.165) is 48.1 Å². The number of hydrogen-bond acceptors (Lipinski definition) is 7. The van der Waals surface area contributed by atoms with E-state index in [0.29, 0.717) is 31.8 Å². The number of amides is 3. The molecule has 290 valence electrons. The fraction of sp³-hybridized carbons (Fsp3) is 0.488. The first kappa shape index (κ1) is 39.2. The van der Waals surface area contributed by atoms with Crippen LogP contribution in [0.4, 0.5) is 4.79 Å². The Morgan fingerprint density at radius 3 is 2.37 bits per heavy atom. The van der Waals surface area contributed by atoms with E-state index in [1.807, 2.05) is 80.1 Å². The number of ether oxygens (including phenoxy) is 1. The topological polar surface area (TPSA) is 137 Å². The van der Waals surface area contributed by atoms with Crippen LogP contribution in [0.5, 0.6) is 5.75 Å². The zero-order valence-electron chi connectivity index (χ0n) is 31.8. The van der Waals surface area contributed by atoms with Crippen molar-refractivity contribution in [3.8, 4) is 5.75 Å². The maximum atomic E-state index is 14.5.